The summed E-state index contributed by atoms with van der Waals surface area (Å²) in [5, 5.41) is 2.76. The van der Waals surface area contributed by atoms with Crippen molar-refractivity contribution < 1.29 is 17.9 Å². The van der Waals surface area contributed by atoms with Gasteiger partial charge < -0.3 is 10.1 Å². The van der Waals surface area contributed by atoms with Gasteiger partial charge in [-0.05, 0) is 55.7 Å². The molecule has 27 heavy (non-hydrogen) atoms. The first-order chi connectivity index (χ1) is 12.7. The number of ether oxygens (including phenoxy) is 1. The maximum absolute atomic E-state index is 12.7. The van der Waals surface area contributed by atoms with Gasteiger partial charge in [0.15, 0.2) is 0 Å². The van der Waals surface area contributed by atoms with Crippen molar-refractivity contribution in [3.63, 3.8) is 0 Å². The number of hydrogen-bond acceptors (Lipinski definition) is 4. The zero-order valence-electron chi connectivity index (χ0n) is 16.0. The molecule has 0 bridgehead atoms. The molecule has 0 aromatic heterocycles. The lowest BCUT2D eigenvalue weighted by atomic mass is 10.0. The third-order valence-electron chi connectivity index (χ3n) is 4.01. The Balaban J connectivity index is 2.17. The predicted molar refractivity (Wildman–Crippen MR) is 106 cm³/mol. The van der Waals surface area contributed by atoms with Gasteiger partial charge in [-0.25, -0.2) is 8.42 Å². The molecule has 0 radical (unpaired) electrons. The molecule has 0 saturated carbocycles. The van der Waals surface area contributed by atoms with E-state index in [0.29, 0.717) is 17.9 Å². The van der Waals surface area contributed by atoms with Crippen LogP contribution in [0.15, 0.2) is 53.4 Å². The van der Waals surface area contributed by atoms with E-state index in [9.17, 15) is 13.2 Å². The molecule has 0 saturated heterocycles. The molecular weight excluding hydrogens is 364 g/mol. The lowest BCUT2D eigenvalue weighted by Gasteiger charge is -2.20. The summed E-state index contributed by atoms with van der Waals surface area (Å²) in [5.41, 5.74) is 1.54. The number of amides is 1. The first-order valence-electron chi connectivity index (χ1n) is 8.75. The Morgan fingerprint density at radius 2 is 1.63 bits per heavy atom. The fourth-order valence-electron chi connectivity index (χ4n) is 2.56. The number of benzene rings is 2. The molecule has 2 N–H and O–H groups in total. The van der Waals surface area contributed by atoms with Gasteiger partial charge in [0, 0.05) is 5.69 Å². The first-order valence-corrected chi connectivity index (χ1v) is 10.2. The number of rotatable bonds is 8. The van der Waals surface area contributed by atoms with Gasteiger partial charge in [-0.3, -0.25) is 4.79 Å². The first kappa shape index (κ1) is 20.9. The molecule has 146 valence electrons. The minimum absolute atomic E-state index is 0.136. The molecule has 1 atom stereocenters. The summed E-state index contributed by atoms with van der Waals surface area (Å²) < 4.78 is 33.0. The Hall–Kier alpha value is -2.38. The number of anilines is 1. The van der Waals surface area contributed by atoms with Gasteiger partial charge in [-0.1, -0.05) is 31.5 Å². The molecule has 0 aliphatic rings. The van der Waals surface area contributed by atoms with Crippen molar-refractivity contribution in [2.45, 2.75) is 38.1 Å². The largest absolute Gasteiger partial charge is 0.497 e. The van der Waals surface area contributed by atoms with E-state index in [1.165, 1.54) is 12.1 Å². The number of sulfonamides is 1. The number of nitrogens with one attached hydrogen (secondary N) is 2. The molecular formula is C20H26N2O4S. The predicted octanol–water partition coefficient (Wildman–Crippen LogP) is 3.34. The molecule has 0 spiro atoms. The quantitative estimate of drug-likeness (QED) is 0.724. The lowest BCUT2D eigenvalue weighted by Crippen LogP contribution is -2.44. The van der Waals surface area contributed by atoms with E-state index in [0.717, 1.165) is 5.56 Å². The number of hydrogen-bond donors (Lipinski definition) is 2. The van der Waals surface area contributed by atoms with Crippen LogP contribution in [0.1, 0.15) is 25.8 Å². The third-order valence-corrected chi connectivity index (χ3v) is 5.50. The van der Waals surface area contributed by atoms with Crippen molar-refractivity contribution in [3.05, 3.63) is 54.1 Å². The van der Waals surface area contributed by atoms with Crippen molar-refractivity contribution in [2.75, 3.05) is 12.4 Å². The van der Waals surface area contributed by atoms with E-state index < -0.39 is 22.0 Å². The van der Waals surface area contributed by atoms with Crippen molar-refractivity contribution in [3.8, 4) is 5.75 Å². The maximum atomic E-state index is 12.7. The van der Waals surface area contributed by atoms with E-state index in [-0.39, 0.29) is 10.8 Å². The van der Waals surface area contributed by atoms with E-state index in [2.05, 4.69) is 10.0 Å². The molecule has 0 aliphatic carbocycles. The van der Waals surface area contributed by atoms with Crippen molar-refractivity contribution in [1.29, 1.82) is 0 Å². The van der Waals surface area contributed by atoms with Crippen LogP contribution in [-0.4, -0.2) is 27.5 Å². The molecule has 7 heteroatoms. The van der Waals surface area contributed by atoms with E-state index in [4.69, 9.17) is 4.74 Å². The van der Waals surface area contributed by atoms with Crippen LogP contribution in [0.5, 0.6) is 5.75 Å². The Labute approximate surface area is 161 Å². The van der Waals surface area contributed by atoms with E-state index >= 15 is 0 Å². The van der Waals surface area contributed by atoms with Gasteiger partial charge in [-0.2, -0.15) is 4.72 Å². The monoisotopic (exact) mass is 390 g/mol. The zero-order chi connectivity index (χ0) is 20.0. The molecule has 0 aliphatic heterocycles. The van der Waals surface area contributed by atoms with Crippen LogP contribution >= 0.6 is 0 Å². The molecule has 6 nitrogen and oxygen atoms in total. The molecule has 0 unspecified atom stereocenters. The van der Waals surface area contributed by atoms with Crippen LogP contribution in [0.2, 0.25) is 0 Å². The van der Waals surface area contributed by atoms with Gasteiger partial charge in [-0.15, -0.1) is 0 Å². The summed E-state index contributed by atoms with van der Waals surface area (Å²) >= 11 is 0. The lowest BCUT2D eigenvalue weighted by molar-refractivity contribution is -0.118. The summed E-state index contributed by atoms with van der Waals surface area (Å²) in [6.07, 6.45) is 0.382. The summed E-state index contributed by atoms with van der Waals surface area (Å²) in [7, 11) is -2.24. The fraction of sp³-hybridized carbons (Fsp3) is 0.350. The summed E-state index contributed by atoms with van der Waals surface area (Å²) in [5.74, 6) is 0.411. The van der Waals surface area contributed by atoms with Gasteiger partial charge in [0.2, 0.25) is 15.9 Å². The summed E-state index contributed by atoms with van der Waals surface area (Å²) in [4.78, 5) is 12.8. The minimum atomic E-state index is -3.80. The molecule has 2 rings (SSSR count). The molecule has 0 fully saturated rings. The Morgan fingerprint density at radius 1 is 1.04 bits per heavy atom. The van der Waals surface area contributed by atoms with Gasteiger partial charge in [0.1, 0.15) is 11.8 Å². The van der Waals surface area contributed by atoms with Gasteiger partial charge in [0.25, 0.3) is 0 Å². The van der Waals surface area contributed by atoms with E-state index in [1.54, 1.807) is 43.5 Å². The molecule has 2 aromatic rings. The smallest absolute Gasteiger partial charge is 0.242 e. The second-order valence-corrected chi connectivity index (χ2v) is 8.55. The molecule has 1 amide bonds. The van der Waals surface area contributed by atoms with Crippen LogP contribution in [0, 0.1) is 12.8 Å². The van der Waals surface area contributed by atoms with Crippen LogP contribution in [0.4, 0.5) is 5.69 Å². The highest BCUT2D eigenvalue weighted by Gasteiger charge is 2.26. The summed E-state index contributed by atoms with van der Waals surface area (Å²) in [6.45, 7) is 5.76. The highest BCUT2D eigenvalue weighted by molar-refractivity contribution is 7.89. The second-order valence-electron chi connectivity index (χ2n) is 6.83. The van der Waals surface area contributed by atoms with Crippen LogP contribution in [-0.2, 0) is 14.8 Å². The zero-order valence-corrected chi connectivity index (χ0v) is 16.8. The second kappa shape index (κ2) is 9.01. The SMILES string of the molecule is COc1ccc(NC(=O)[C@@H](CC(C)C)NS(=O)(=O)c2ccc(C)cc2)cc1. The normalized spacial score (nSPS) is 12.6. The number of carbonyl (C=O) groups excluding carboxylic acids is 1. The topological polar surface area (TPSA) is 84.5 Å². The minimum Gasteiger partial charge on any atom is -0.497 e. The highest BCUT2D eigenvalue weighted by atomic mass is 32.2. The number of methoxy groups -OCH3 is 1. The number of carbonyl (C=O) groups is 1. The maximum Gasteiger partial charge on any atom is 0.242 e. The van der Waals surface area contributed by atoms with Gasteiger partial charge >= 0.3 is 0 Å². The van der Waals surface area contributed by atoms with Crippen molar-refractivity contribution in [2.24, 2.45) is 5.92 Å². The molecule has 2 aromatic carbocycles. The fourth-order valence-corrected chi connectivity index (χ4v) is 3.76. The van der Waals surface area contributed by atoms with Crippen LogP contribution in [0.3, 0.4) is 0 Å². The third kappa shape index (κ3) is 6.08. The van der Waals surface area contributed by atoms with Crippen molar-refractivity contribution in [1.82, 2.24) is 4.72 Å². The van der Waals surface area contributed by atoms with Crippen molar-refractivity contribution >= 4 is 21.6 Å². The average Bonchev–Trinajstić information content (AvgIpc) is 2.61. The standard InChI is InChI=1S/C20H26N2O4S/c1-14(2)13-19(20(23)21-16-7-9-17(26-4)10-8-16)22-27(24,25)18-11-5-15(3)6-12-18/h5-12,14,19,22H,13H2,1-4H3,(H,21,23)/t19-/m1/s1. The van der Waals surface area contributed by atoms with Crippen LogP contribution < -0.4 is 14.8 Å². The highest BCUT2D eigenvalue weighted by Crippen LogP contribution is 2.17. The Morgan fingerprint density at radius 3 is 2.15 bits per heavy atom. The summed E-state index contributed by atoms with van der Waals surface area (Å²) in [6, 6.07) is 12.5. The molecule has 0 heterocycles. The Kier molecular flexibility index (Phi) is 6.98. The Bertz CT molecular complexity index is 860. The van der Waals surface area contributed by atoms with Gasteiger partial charge in [0.05, 0.1) is 12.0 Å². The van der Waals surface area contributed by atoms with E-state index in [1.807, 2.05) is 20.8 Å². The average molecular weight is 391 g/mol. The number of aryl methyl sites for hydroxylation is 1. The van der Waals surface area contributed by atoms with Crippen LogP contribution in [0.25, 0.3) is 0 Å².